The van der Waals surface area contributed by atoms with Crippen LogP contribution in [0.4, 0.5) is 10.5 Å². The zero-order valence-electron chi connectivity index (χ0n) is 17.8. The number of urea groups is 1. The standard InChI is InChI=1S/C25H31N3O2/c1-25(2)14-13-22(20-11-3-4-12-21(20)25)28-24(30)26-16-17-7-5-10-19(15-17)27-23(29)18-8-6-9-18/h3-5,7,10-12,15,18,22H,6,8-9,13-14,16H2,1-2H3,(H,27,29)(H2,26,28,30)/t22-/m0/s1. The van der Waals surface area contributed by atoms with Crippen molar-refractivity contribution in [2.45, 2.75) is 64.0 Å². The van der Waals surface area contributed by atoms with Crippen LogP contribution in [0.3, 0.4) is 0 Å². The van der Waals surface area contributed by atoms with Gasteiger partial charge in [0.25, 0.3) is 0 Å². The molecule has 3 amide bonds. The number of carbonyl (C=O) groups excluding carboxylic acids is 2. The fraction of sp³-hybridized carbons (Fsp3) is 0.440. The van der Waals surface area contributed by atoms with Crippen LogP contribution in [-0.2, 0) is 16.8 Å². The van der Waals surface area contributed by atoms with E-state index in [2.05, 4.69) is 48.0 Å². The van der Waals surface area contributed by atoms with Gasteiger partial charge in [0.1, 0.15) is 0 Å². The second-order valence-corrected chi connectivity index (χ2v) is 9.21. The molecule has 1 fully saturated rings. The Balaban J connectivity index is 1.33. The summed E-state index contributed by atoms with van der Waals surface area (Å²) in [6.07, 6.45) is 5.07. The number of hydrogen-bond donors (Lipinski definition) is 3. The normalized spacial score (nSPS) is 19.9. The molecule has 0 unspecified atom stereocenters. The Morgan fingerprint density at radius 2 is 1.83 bits per heavy atom. The molecule has 158 valence electrons. The minimum absolute atomic E-state index is 0.0299. The Morgan fingerprint density at radius 3 is 2.60 bits per heavy atom. The first-order chi connectivity index (χ1) is 14.4. The number of anilines is 1. The number of benzene rings is 2. The highest BCUT2D eigenvalue weighted by Crippen LogP contribution is 2.41. The summed E-state index contributed by atoms with van der Waals surface area (Å²) < 4.78 is 0. The molecule has 0 radical (unpaired) electrons. The van der Waals surface area contributed by atoms with E-state index >= 15 is 0 Å². The largest absolute Gasteiger partial charge is 0.334 e. The van der Waals surface area contributed by atoms with Crippen molar-refractivity contribution in [2.24, 2.45) is 5.92 Å². The molecule has 5 nitrogen and oxygen atoms in total. The van der Waals surface area contributed by atoms with Crippen LogP contribution in [0, 0.1) is 5.92 Å². The molecule has 0 spiro atoms. The third-order valence-corrected chi connectivity index (χ3v) is 6.55. The van der Waals surface area contributed by atoms with Gasteiger partial charge in [0.05, 0.1) is 6.04 Å². The van der Waals surface area contributed by atoms with Gasteiger partial charge >= 0.3 is 6.03 Å². The molecule has 2 aromatic rings. The predicted molar refractivity (Wildman–Crippen MR) is 119 cm³/mol. The number of nitrogens with one attached hydrogen (secondary N) is 3. The lowest BCUT2D eigenvalue weighted by Gasteiger charge is -2.37. The van der Waals surface area contributed by atoms with Crippen molar-refractivity contribution in [2.75, 3.05) is 5.32 Å². The van der Waals surface area contributed by atoms with Gasteiger partial charge in [-0.15, -0.1) is 0 Å². The Morgan fingerprint density at radius 1 is 1.03 bits per heavy atom. The molecular weight excluding hydrogens is 374 g/mol. The molecule has 0 aromatic heterocycles. The molecule has 4 rings (SSSR count). The van der Waals surface area contributed by atoms with Crippen molar-refractivity contribution in [1.82, 2.24) is 10.6 Å². The summed E-state index contributed by atoms with van der Waals surface area (Å²) in [5, 5.41) is 9.09. The number of rotatable bonds is 5. The monoisotopic (exact) mass is 405 g/mol. The van der Waals surface area contributed by atoms with E-state index < -0.39 is 0 Å². The summed E-state index contributed by atoms with van der Waals surface area (Å²) in [5.74, 6) is 0.254. The van der Waals surface area contributed by atoms with Gasteiger partial charge in [-0.05, 0) is 59.9 Å². The first-order valence-electron chi connectivity index (χ1n) is 11.0. The van der Waals surface area contributed by atoms with Crippen LogP contribution in [0.2, 0.25) is 0 Å². The van der Waals surface area contributed by atoms with Gasteiger partial charge in [0, 0.05) is 18.2 Å². The van der Waals surface area contributed by atoms with E-state index in [0.29, 0.717) is 6.54 Å². The topological polar surface area (TPSA) is 70.2 Å². The summed E-state index contributed by atoms with van der Waals surface area (Å²) in [6, 6.07) is 15.9. The quantitative estimate of drug-likeness (QED) is 0.652. The Bertz CT molecular complexity index is 933. The molecular formula is C25H31N3O2. The summed E-state index contributed by atoms with van der Waals surface area (Å²) in [5.41, 5.74) is 4.41. The highest BCUT2D eigenvalue weighted by molar-refractivity contribution is 5.93. The summed E-state index contributed by atoms with van der Waals surface area (Å²) >= 11 is 0. The minimum Gasteiger partial charge on any atom is -0.334 e. The number of carbonyl (C=O) groups is 2. The van der Waals surface area contributed by atoms with Gasteiger partial charge in [0.2, 0.25) is 5.91 Å². The van der Waals surface area contributed by atoms with Crippen LogP contribution in [0.15, 0.2) is 48.5 Å². The average Bonchev–Trinajstić information content (AvgIpc) is 2.68. The van der Waals surface area contributed by atoms with E-state index in [4.69, 9.17) is 0 Å². The van der Waals surface area contributed by atoms with Gasteiger partial charge in [0.15, 0.2) is 0 Å². The fourth-order valence-electron chi connectivity index (χ4n) is 4.43. The first-order valence-corrected chi connectivity index (χ1v) is 11.0. The van der Waals surface area contributed by atoms with Crippen LogP contribution in [0.25, 0.3) is 0 Å². The SMILES string of the molecule is CC1(C)CC[C@H](NC(=O)NCc2cccc(NC(=O)C3CCC3)c2)c2ccccc21. The average molecular weight is 406 g/mol. The van der Waals surface area contributed by atoms with Crippen LogP contribution in [-0.4, -0.2) is 11.9 Å². The third-order valence-electron chi connectivity index (χ3n) is 6.55. The molecule has 0 bridgehead atoms. The maximum atomic E-state index is 12.6. The van der Waals surface area contributed by atoms with Gasteiger partial charge in [-0.25, -0.2) is 4.79 Å². The lowest BCUT2D eigenvalue weighted by atomic mass is 9.71. The summed E-state index contributed by atoms with van der Waals surface area (Å²) in [6.45, 7) is 4.94. The van der Waals surface area contributed by atoms with Crippen molar-refractivity contribution < 1.29 is 9.59 Å². The third kappa shape index (κ3) is 4.50. The lowest BCUT2D eigenvalue weighted by Crippen LogP contribution is -2.40. The van der Waals surface area contributed by atoms with Gasteiger partial charge in [-0.3, -0.25) is 4.79 Å². The molecule has 0 aliphatic heterocycles. The first kappa shape index (κ1) is 20.5. The molecule has 3 N–H and O–H groups in total. The lowest BCUT2D eigenvalue weighted by molar-refractivity contribution is -0.122. The van der Waals surface area contributed by atoms with Crippen LogP contribution in [0.1, 0.15) is 68.7 Å². The Labute approximate surface area is 178 Å². The molecule has 0 heterocycles. The highest BCUT2D eigenvalue weighted by Gasteiger charge is 2.32. The predicted octanol–water partition coefficient (Wildman–Crippen LogP) is 5.04. The Hall–Kier alpha value is -2.82. The molecule has 1 saturated carbocycles. The van der Waals surface area contributed by atoms with Crippen molar-refractivity contribution in [1.29, 1.82) is 0 Å². The van der Waals surface area contributed by atoms with Gasteiger partial charge in [-0.2, -0.15) is 0 Å². The maximum Gasteiger partial charge on any atom is 0.315 e. The second-order valence-electron chi connectivity index (χ2n) is 9.21. The second kappa shape index (κ2) is 8.50. The van der Waals surface area contributed by atoms with Crippen molar-refractivity contribution >= 4 is 17.6 Å². The Kier molecular flexibility index (Phi) is 5.80. The molecule has 5 heteroatoms. The van der Waals surface area contributed by atoms with Gasteiger partial charge < -0.3 is 16.0 Å². The van der Waals surface area contributed by atoms with E-state index in [9.17, 15) is 9.59 Å². The number of hydrogen-bond acceptors (Lipinski definition) is 2. The van der Waals surface area contributed by atoms with Crippen LogP contribution in [0.5, 0.6) is 0 Å². The molecule has 2 aliphatic rings. The smallest absolute Gasteiger partial charge is 0.315 e. The van der Waals surface area contributed by atoms with E-state index in [1.165, 1.54) is 11.1 Å². The zero-order valence-corrected chi connectivity index (χ0v) is 17.8. The molecule has 30 heavy (non-hydrogen) atoms. The summed E-state index contributed by atoms with van der Waals surface area (Å²) in [4.78, 5) is 24.7. The highest BCUT2D eigenvalue weighted by atomic mass is 16.2. The van der Waals surface area contributed by atoms with E-state index in [-0.39, 0.29) is 29.3 Å². The summed E-state index contributed by atoms with van der Waals surface area (Å²) in [7, 11) is 0. The van der Waals surface area contributed by atoms with E-state index in [0.717, 1.165) is 43.4 Å². The number of amides is 3. The maximum absolute atomic E-state index is 12.6. The molecule has 2 aliphatic carbocycles. The number of fused-ring (bicyclic) bond motifs is 1. The molecule has 2 aromatic carbocycles. The van der Waals surface area contributed by atoms with E-state index in [1.54, 1.807) is 0 Å². The fourth-order valence-corrected chi connectivity index (χ4v) is 4.43. The minimum atomic E-state index is -0.168. The van der Waals surface area contributed by atoms with E-state index in [1.807, 2.05) is 30.3 Å². The molecule has 1 atom stereocenters. The van der Waals surface area contributed by atoms with Crippen molar-refractivity contribution in [3.8, 4) is 0 Å². The van der Waals surface area contributed by atoms with Crippen LogP contribution >= 0.6 is 0 Å². The molecule has 0 saturated heterocycles. The van der Waals surface area contributed by atoms with Crippen molar-refractivity contribution in [3.05, 3.63) is 65.2 Å². The van der Waals surface area contributed by atoms with Crippen LogP contribution < -0.4 is 16.0 Å². The van der Waals surface area contributed by atoms with Crippen molar-refractivity contribution in [3.63, 3.8) is 0 Å². The van der Waals surface area contributed by atoms with Gasteiger partial charge in [-0.1, -0.05) is 56.7 Å². The zero-order chi connectivity index (χ0) is 21.1.